The van der Waals surface area contributed by atoms with Crippen LogP contribution in [0.2, 0.25) is 0 Å². The van der Waals surface area contributed by atoms with Gasteiger partial charge in [-0.15, -0.1) is 0 Å². The van der Waals surface area contributed by atoms with E-state index in [2.05, 4.69) is 22.1 Å². The zero-order chi connectivity index (χ0) is 11.6. The average Bonchev–Trinajstić information content (AvgIpc) is 2.80. The minimum Gasteiger partial charge on any atom is -0.370 e. The first-order valence-corrected chi connectivity index (χ1v) is 5.87. The summed E-state index contributed by atoms with van der Waals surface area (Å²) in [6, 6.07) is 0. The van der Waals surface area contributed by atoms with Gasteiger partial charge in [-0.25, -0.2) is 4.98 Å². The Morgan fingerprint density at radius 3 is 2.69 bits per heavy atom. The number of nitrogens with zero attached hydrogens (tertiary/aromatic N) is 2. The highest BCUT2D eigenvalue weighted by Crippen LogP contribution is 2.40. The highest BCUT2D eigenvalue weighted by atomic mass is 16.5. The summed E-state index contributed by atoms with van der Waals surface area (Å²) in [4.78, 5) is 4.40. The van der Waals surface area contributed by atoms with Gasteiger partial charge >= 0.3 is 0 Å². The first kappa shape index (κ1) is 11.5. The first-order chi connectivity index (χ1) is 7.70. The summed E-state index contributed by atoms with van der Waals surface area (Å²) in [5.41, 5.74) is 5.23. The van der Waals surface area contributed by atoms with Crippen molar-refractivity contribution in [3.8, 4) is 0 Å². The van der Waals surface area contributed by atoms with Crippen molar-refractivity contribution in [3.63, 3.8) is 0 Å². The van der Waals surface area contributed by atoms with Crippen LogP contribution in [-0.2, 0) is 16.9 Å². The molecule has 0 aromatic carbocycles. The lowest BCUT2D eigenvalue weighted by Crippen LogP contribution is -2.34. The van der Waals surface area contributed by atoms with Crippen molar-refractivity contribution in [2.45, 2.75) is 44.8 Å². The fraction of sp³-hybridized carbons (Fsp3) is 0.818. The summed E-state index contributed by atoms with van der Waals surface area (Å²) in [6.45, 7) is 2.67. The maximum atomic E-state index is 5.69. The molecule has 1 heterocycles. The van der Waals surface area contributed by atoms with Crippen molar-refractivity contribution in [3.05, 3.63) is 11.6 Å². The van der Waals surface area contributed by atoms with E-state index in [1.807, 2.05) is 0 Å². The number of nitrogens with two attached hydrogens (primary N) is 1. The molecule has 0 bridgehead atoms. The molecule has 0 aliphatic heterocycles. The van der Waals surface area contributed by atoms with Crippen LogP contribution in [0, 0.1) is 5.92 Å². The molecule has 5 nitrogen and oxygen atoms in total. The summed E-state index contributed by atoms with van der Waals surface area (Å²) in [6.07, 6.45) is 4.32. The topological polar surface area (TPSA) is 76.8 Å². The monoisotopic (exact) mass is 224 g/mol. The number of hydrogen-bond donors (Lipinski definition) is 2. The predicted molar refractivity (Wildman–Crippen MR) is 60.6 cm³/mol. The van der Waals surface area contributed by atoms with E-state index < -0.39 is 0 Å². The number of aromatic amines is 1. The summed E-state index contributed by atoms with van der Waals surface area (Å²) in [7, 11) is 1.74. The quantitative estimate of drug-likeness (QED) is 0.811. The molecule has 1 aliphatic rings. The molecule has 1 saturated carbocycles. The SMILES string of the molecule is COC1(c2n[nH]c(CN)n2)CCC(C)CC1. The smallest absolute Gasteiger partial charge is 0.182 e. The van der Waals surface area contributed by atoms with Crippen LogP contribution in [0.15, 0.2) is 0 Å². The predicted octanol–water partition coefficient (Wildman–Crippen LogP) is 1.32. The summed E-state index contributed by atoms with van der Waals surface area (Å²) in [5.74, 6) is 2.27. The molecule has 0 atom stereocenters. The maximum absolute atomic E-state index is 5.69. The van der Waals surface area contributed by atoms with Gasteiger partial charge in [-0.1, -0.05) is 6.92 Å². The molecule has 90 valence electrons. The Bertz CT molecular complexity index is 342. The Kier molecular flexibility index (Phi) is 3.25. The molecule has 1 aromatic rings. The molecular weight excluding hydrogens is 204 g/mol. The third kappa shape index (κ3) is 1.97. The van der Waals surface area contributed by atoms with E-state index in [0.29, 0.717) is 6.54 Å². The molecule has 5 heteroatoms. The van der Waals surface area contributed by atoms with Crippen molar-refractivity contribution in [1.82, 2.24) is 15.2 Å². The standard InChI is InChI=1S/C11H20N4O/c1-8-3-5-11(16-2,6-4-8)10-13-9(7-12)14-15-10/h8H,3-7,12H2,1-2H3,(H,13,14,15). The van der Waals surface area contributed by atoms with E-state index in [0.717, 1.165) is 30.4 Å². The molecule has 1 fully saturated rings. The Hall–Kier alpha value is -0.940. The van der Waals surface area contributed by atoms with Gasteiger partial charge in [0.2, 0.25) is 0 Å². The van der Waals surface area contributed by atoms with E-state index >= 15 is 0 Å². The van der Waals surface area contributed by atoms with Crippen molar-refractivity contribution in [2.75, 3.05) is 7.11 Å². The van der Waals surface area contributed by atoms with Gasteiger partial charge in [-0.2, -0.15) is 5.10 Å². The highest BCUT2D eigenvalue weighted by molar-refractivity contribution is 5.05. The van der Waals surface area contributed by atoms with Gasteiger partial charge in [-0.3, -0.25) is 5.10 Å². The molecule has 1 aromatic heterocycles. The first-order valence-electron chi connectivity index (χ1n) is 5.87. The highest BCUT2D eigenvalue weighted by Gasteiger charge is 2.39. The van der Waals surface area contributed by atoms with E-state index in [9.17, 15) is 0 Å². The number of ether oxygens (including phenoxy) is 1. The van der Waals surface area contributed by atoms with E-state index in [4.69, 9.17) is 10.5 Å². The second-order valence-corrected chi connectivity index (χ2v) is 4.69. The zero-order valence-corrected chi connectivity index (χ0v) is 9.99. The lowest BCUT2D eigenvalue weighted by atomic mass is 9.79. The third-order valence-corrected chi connectivity index (χ3v) is 3.61. The van der Waals surface area contributed by atoms with Crippen LogP contribution in [0.25, 0.3) is 0 Å². The molecule has 1 aliphatic carbocycles. The average molecular weight is 224 g/mol. The van der Waals surface area contributed by atoms with Crippen molar-refractivity contribution >= 4 is 0 Å². The van der Waals surface area contributed by atoms with Gasteiger partial charge in [0.25, 0.3) is 0 Å². The number of aromatic nitrogens is 3. The molecule has 16 heavy (non-hydrogen) atoms. The van der Waals surface area contributed by atoms with Gasteiger partial charge in [0.1, 0.15) is 11.4 Å². The van der Waals surface area contributed by atoms with Crippen molar-refractivity contribution in [1.29, 1.82) is 0 Å². The van der Waals surface area contributed by atoms with Crippen molar-refractivity contribution < 1.29 is 4.74 Å². The third-order valence-electron chi connectivity index (χ3n) is 3.61. The van der Waals surface area contributed by atoms with Crippen LogP contribution >= 0.6 is 0 Å². The Morgan fingerprint density at radius 1 is 1.50 bits per heavy atom. The lowest BCUT2D eigenvalue weighted by Gasteiger charge is -2.35. The van der Waals surface area contributed by atoms with E-state index in [1.54, 1.807) is 7.11 Å². The largest absolute Gasteiger partial charge is 0.370 e. The fourth-order valence-electron chi connectivity index (χ4n) is 2.34. The molecule has 0 unspecified atom stereocenters. The number of nitrogens with one attached hydrogen (secondary N) is 1. The molecule has 0 amide bonds. The van der Waals surface area contributed by atoms with Crippen LogP contribution in [-0.4, -0.2) is 22.3 Å². The van der Waals surface area contributed by atoms with Gasteiger partial charge in [-0.05, 0) is 31.6 Å². The van der Waals surface area contributed by atoms with Crippen LogP contribution in [0.3, 0.4) is 0 Å². The Balaban J connectivity index is 2.20. The van der Waals surface area contributed by atoms with Crippen LogP contribution < -0.4 is 5.73 Å². The van der Waals surface area contributed by atoms with Gasteiger partial charge < -0.3 is 10.5 Å². The molecule has 0 radical (unpaired) electrons. The van der Waals surface area contributed by atoms with Crippen LogP contribution in [0.4, 0.5) is 0 Å². The minimum atomic E-state index is -0.295. The zero-order valence-electron chi connectivity index (χ0n) is 9.99. The lowest BCUT2D eigenvalue weighted by molar-refractivity contribution is -0.0595. The second kappa shape index (κ2) is 4.51. The number of methoxy groups -OCH3 is 1. The second-order valence-electron chi connectivity index (χ2n) is 4.69. The molecule has 2 rings (SSSR count). The normalized spacial score (nSPS) is 30.6. The number of H-pyrrole nitrogens is 1. The summed E-state index contributed by atoms with van der Waals surface area (Å²) >= 11 is 0. The number of hydrogen-bond acceptors (Lipinski definition) is 4. The van der Waals surface area contributed by atoms with Gasteiger partial charge in [0, 0.05) is 7.11 Å². The summed E-state index contributed by atoms with van der Waals surface area (Å²) < 4.78 is 5.69. The summed E-state index contributed by atoms with van der Waals surface area (Å²) in [5, 5.41) is 7.09. The Labute approximate surface area is 95.8 Å². The minimum absolute atomic E-state index is 0.295. The molecular formula is C11H20N4O. The number of rotatable bonds is 3. The van der Waals surface area contributed by atoms with Gasteiger partial charge in [0.15, 0.2) is 5.82 Å². The van der Waals surface area contributed by atoms with Crippen molar-refractivity contribution in [2.24, 2.45) is 11.7 Å². The molecule has 0 saturated heterocycles. The maximum Gasteiger partial charge on any atom is 0.182 e. The molecule has 0 spiro atoms. The fourth-order valence-corrected chi connectivity index (χ4v) is 2.34. The Morgan fingerprint density at radius 2 is 2.19 bits per heavy atom. The molecule has 3 N–H and O–H groups in total. The van der Waals surface area contributed by atoms with Gasteiger partial charge in [0.05, 0.1) is 6.54 Å². The van der Waals surface area contributed by atoms with Crippen LogP contribution in [0.5, 0.6) is 0 Å². The van der Waals surface area contributed by atoms with Crippen LogP contribution in [0.1, 0.15) is 44.3 Å². The van der Waals surface area contributed by atoms with E-state index in [-0.39, 0.29) is 5.60 Å². The van der Waals surface area contributed by atoms with E-state index in [1.165, 1.54) is 12.8 Å².